The standard InChI is InChI=1S/C22H30N2O3/c1-26-21-8-5-6-18(14-21)15-24-12-11-23(17-20(24)10-13-25)16-19-7-3-4-9-22(19)27-2/h3-9,14,20,25H,10-13,15-17H2,1-2H3. The van der Waals surface area contributed by atoms with Crippen LogP contribution in [0.4, 0.5) is 0 Å². The molecule has 0 bridgehead atoms. The Hall–Kier alpha value is -2.08. The number of rotatable bonds is 8. The summed E-state index contributed by atoms with van der Waals surface area (Å²) in [7, 11) is 3.42. The lowest BCUT2D eigenvalue weighted by atomic mass is 10.1. The number of piperazine rings is 1. The van der Waals surface area contributed by atoms with E-state index in [2.05, 4.69) is 34.1 Å². The monoisotopic (exact) mass is 370 g/mol. The van der Waals surface area contributed by atoms with Crippen LogP contribution in [-0.4, -0.2) is 61.4 Å². The Kier molecular flexibility index (Phi) is 7.10. The van der Waals surface area contributed by atoms with Crippen molar-refractivity contribution in [2.75, 3.05) is 40.5 Å². The number of aliphatic hydroxyl groups is 1. The summed E-state index contributed by atoms with van der Waals surface area (Å²) in [6.07, 6.45) is 0.784. The van der Waals surface area contributed by atoms with Crippen LogP contribution in [0.5, 0.6) is 11.5 Å². The molecule has 1 aliphatic heterocycles. The first-order chi connectivity index (χ1) is 13.2. The van der Waals surface area contributed by atoms with Crippen LogP contribution in [0.25, 0.3) is 0 Å². The number of hydrogen-bond acceptors (Lipinski definition) is 5. The van der Waals surface area contributed by atoms with Gasteiger partial charge in [-0.25, -0.2) is 0 Å². The van der Waals surface area contributed by atoms with Gasteiger partial charge in [0.25, 0.3) is 0 Å². The average molecular weight is 370 g/mol. The van der Waals surface area contributed by atoms with Crippen molar-refractivity contribution in [3.05, 3.63) is 59.7 Å². The van der Waals surface area contributed by atoms with Crippen molar-refractivity contribution in [3.63, 3.8) is 0 Å². The normalized spacial score (nSPS) is 18.4. The SMILES string of the molecule is COc1cccc(CN2CCN(Cc3ccccc3OC)CC2CCO)c1. The summed E-state index contributed by atoms with van der Waals surface area (Å²) < 4.78 is 10.8. The van der Waals surface area contributed by atoms with E-state index in [1.165, 1.54) is 11.1 Å². The van der Waals surface area contributed by atoms with E-state index in [1.807, 2.05) is 24.3 Å². The minimum Gasteiger partial charge on any atom is -0.497 e. The predicted molar refractivity (Wildman–Crippen MR) is 107 cm³/mol. The lowest BCUT2D eigenvalue weighted by molar-refractivity contribution is 0.0496. The van der Waals surface area contributed by atoms with Crippen LogP contribution >= 0.6 is 0 Å². The molecule has 3 rings (SSSR count). The second kappa shape index (κ2) is 9.74. The zero-order chi connectivity index (χ0) is 19.1. The molecule has 2 aromatic rings. The van der Waals surface area contributed by atoms with Crippen LogP contribution in [0.3, 0.4) is 0 Å². The smallest absolute Gasteiger partial charge is 0.123 e. The maximum atomic E-state index is 9.56. The summed E-state index contributed by atoms with van der Waals surface area (Å²) >= 11 is 0. The molecule has 1 fully saturated rings. The fourth-order valence-electron chi connectivity index (χ4n) is 3.81. The summed E-state index contributed by atoms with van der Waals surface area (Å²) in [4.78, 5) is 4.93. The van der Waals surface area contributed by atoms with Crippen LogP contribution in [0.2, 0.25) is 0 Å². The molecule has 146 valence electrons. The zero-order valence-corrected chi connectivity index (χ0v) is 16.3. The summed E-state index contributed by atoms with van der Waals surface area (Å²) in [5, 5.41) is 9.56. The summed E-state index contributed by atoms with van der Waals surface area (Å²) in [5.41, 5.74) is 2.46. The van der Waals surface area contributed by atoms with Crippen molar-refractivity contribution < 1.29 is 14.6 Å². The van der Waals surface area contributed by atoms with E-state index in [4.69, 9.17) is 9.47 Å². The van der Waals surface area contributed by atoms with Crippen molar-refractivity contribution in [2.24, 2.45) is 0 Å². The first-order valence-electron chi connectivity index (χ1n) is 9.55. The van der Waals surface area contributed by atoms with Gasteiger partial charge in [-0.2, -0.15) is 0 Å². The Bertz CT molecular complexity index is 722. The van der Waals surface area contributed by atoms with Gasteiger partial charge < -0.3 is 14.6 Å². The molecule has 5 heteroatoms. The maximum absolute atomic E-state index is 9.56. The molecular weight excluding hydrogens is 340 g/mol. The minimum atomic E-state index is 0.210. The largest absolute Gasteiger partial charge is 0.497 e. The molecule has 0 radical (unpaired) electrons. The number of methoxy groups -OCH3 is 2. The van der Waals surface area contributed by atoms with Crippen LogP contribution in [0, 0.1) is 0 Å². The molecular formula is C22H30N2O3. The first-order valence-corrected chi connectivity index (χ1v) is 9.55. The highest BCUT2D eigenvalue weighted by Gasteiger charge is 2.27. The molecule has 1 N–H and O–H groups in total. The van der Waals surface area contributed by atoms with Crippen molar-refractivity contribution in [3.8, 4) is 11.5 Å². The molecule has 1 heterocycles. The number of benzene rings is 2. The van der Waals surface area contributed by atoms with Gasteiger partial charge in [-0.15, -0.1) is 0 Å². The lowest BCUT2D eigenvalue weighted by Gasteiger charge is -2.41. The number of para-hydroxylation sites is 1. The van der Waals surface area contributed by atoms with Gasteiger partial charge in [-0.05, 0) is 30.2 Å². The van der Waals surface area contributed by atoms with Gasteiger partial charge in [0.05, 0.1) is 14.2 Å². The van der Waals surface area contributed by atoms with E-state index in [1.54, 1.807) is 14.2 Å². The highest BCUT2D eigenvalue weighted by atomic mass is 16.5. The quantitative estimate of drug-likeness (QED) is 0.774. The molecule has 2 aromatic carbocycles. The van der Waals surface area contributed by atoms with Gasteiger partial charge >= 0.3 is 0 Å². The van der Waals surface area contributed by atoms with Gasteiger partial charge in [0, 0.05) is 50.9 Å². The van der Waals surface area contributed by atoms with Gasteiger partial charge in [-0.3, -0.25) is 9.80 Å². The zero-order valence-electron chi connectivity index (χ0n) is 16.3. The molecule has 0 aliphatic carbocycles. The van der Waals surface area contributed by atoms with Crippen LogP contribution < -0.4 is 9.47 Å². The third-order valence-electron chi connectivity index (χ3n) is 5.26. The molecule has 0 spiro atoms. The maximum Gasteiger partial charge on any atom is 0.123 e. The number of ether oxygens (including phenoxy) is 2. The molecule has 1 aliphatic rings. The fourth-order valence-corrected chi connectivity index (χ4v) is 3.81. The molecule has 1 saturated heterocycles. The summed E-state index contributed by atoms with van der Waals surface area (Å²) in [5.74, 6) is 1.83. The summed E-state index contributed by atoms with van der Waals surface area (Å²) in [6.45, 7) is 4.90. The second-order valence-corrected chi connectivity index (χ2v) is 7.04. The Morgan fingerprint density at radius 2 is 1.85 bits per heavy atom. The molecule has 27 heavy (non-hydrogen) atoms. The third kappa shape index (κ3) is 5.22. The molecule has 0 saturated carbocycles. The van der Waals surface area contributed by atoms with E-state index in [0.717, 1.165) is 50.6 Å². The second-order valence-electron chi connectivity index (χ2n) is 7.04. The van der Waals surface area contributed by atoms with Crippen molar-refractivity contribution >= 4 is 0 Å². The van der Waals surface area contributed by atoms with E-state index < -0.39 is 0 Å². The molecule has 5 nitrogen and oxygen atoms in total. The molecule has 1 atom stereocenters. The van der Waals surface area contributed by atoms with Crippen LogP contribution in [-0.2, 0) is 13.1 Å². The first kappa shape index (κ1) is 19.7. The van der Waals surface area contributed by atoms with E-state index in [-0.39, 0.29) is 6.61 Å². The van der Waals surface area contributed by atoms with Crippen molar-refractivity contribution in [2.45, 2.75) is 25.6 Å². The number of nitrogens with zero attached hydrogens (tertiary/aromatic N) is 2. The van der Waals surface area contributed by atoms with Gasteiger partial charge in [0.2, 0.25) is 0 Å². The summed E-state index contributed by atoms with van der Waals surface area (Å²) in [6, 6.07) is 16.8. The van der Waals surface area contributed by atoms with Gasteiger partial charge in [0.1, 0.15) is 11.5 Å². The number of aliphatic hydroxyl groups excluding tert-OH is 1. The van der Waals surface area contributed by atoms with Crippen LogP contribution in [0.1, 0.15) is 17.5 Å². The Labute approximate surface area is 162 Å². The lowest BCUT2D eigenvalue weighted by Crippen LogP contribution is -2.52. The molecule has 0 amide bonds. The van der Waals surface area contributed by atoms with E-state index in [0.29, 0.717) is 6.04 Å². The molecule has 1 unspecified atom stereocenters. The number of hydrogen-bond donors (Lipinski definition) is 1. The van der Waals surface area contributed by atoms with Gasteiger partial charge in [-0.1, -0.05) is 30.3 Å². The predicted octanol–water partition coefficient (Wildman–Crippen LogP) is 2.77. The third-order valence-corrected chi connectivity index (χ3v) is 5.26. The topological polar surface area (TPSA) is 45.2 Å². The van der Waals surface area contributed by atoms with E-state index >= 15 is 0 Å². The van der Waals surface area contributed by atoms with Crippen molar-refractivity contribution in [1.29, 1.82) is 0 Å². The Morgan fingerprint density at radius 1 is 1.00 bits per heavy atom. The Balaban J connectivity index is 1.65. The highest BCUT2D eigenvalue weighted by Crippen LogP contribution is 2.23. The van der Waals surface area contributed by atoms with Gasteiger partial charge in [0.15, 0.2) is 0 Å². The molecule has 0 aromatic heterocycles. The Morgan fingerprint density at radius 3 is 2.63 bits per heavy atom. The average Bonchev–Trinajstić information content (AvgIpc) is 2.71. The minimum absolute atomic E-state index is 0.210. The van der Waals surface area contributed by atoms with Crippen molar-refractivity contribution in [1.82, 2.24) is 9.80 Å². The highest BCUT2D eigenvalue weighted by molar-refractivity contribution is 5.33. The van der Waals surface area contributed by atoms with E-state index in [9.17, 15) is 5.11 Å². The van der Waals surface area contributed by atoms with Crippen LogP contribution in [0.15, 0.2) is 48.5 Å². The fraction of sp³-hybridized carbons (Fsp3) is 0.455.